The van der Waals surface area contributed by atoms with E-state index in [4.69, 9.17) is 0 Å². The first-order valence-electron chi connectivity index (χ1n) is 3.63. The van der Waals surface area contributed by atoms with Crippen LogP contribution in [0, 0.1) is 5.92 Å². The second-order valence-electron chi connectivity index (χ2n) is 3.08. The fraction of sp³-hybridized carbons (Fsp3) is 0.625. The Labute approximate surface area is 62.0 Å². The van der Waals surface area contributed by atoms with Gasteiger partial charge < -0.3 is 5.32 Å². The lowest BCUT2D eigenvalue weighted by Gasteiger charge is -2.31. The molecule has 1 N–H and O–H groups in total. The van der Waals surface area contributed by atoms with Gasteiger partial charge in [-0.05, 0) is 25.1 Å². The van der Waals surface area contributed by atoms with Gasteiger partial charge in [0.15, 0.2) is 0 Å². The highest BCUT2D eigenvalue weighted by molar-refractivity contribution is 5.72. The summed E-state index contributed by atoms with van der Waals surface area (Å²) in [5.41, 5.74) is -0.0885. The third-order valence-electron chi connectivity index (χ3n) is 2.02. The van der Waals surface area contributed by atoms with E-state index in [2.05, 4.69) is 31.1 Å². The zero-order valence-electron chi connectivity index (χ0n) is 6.76. The van der Waals surface area contributed by atoms with Crippen LogP contribution in [0.5, 0.6) is 0 Å². The molecule has 1 atom stereocenters. The topological polar surface area (TPSA) is 24.4 Å². The maximum atomic E-state index is 4.34. The van der Waals surface area contributed by atoms with Crippen LogP contribution in [0.15, 0.2) is 17.3 Å². The molecule has 0 bridgehead atoms. The van der Waals surface area contributed by atoms with Gasteiger partial charge >= 0.3 is 0 Å². The van der Waals surface area contributed by atoms with Crippen molar-refractivity contribution in [1.82, 2.24) is 5.32 Å². The maximum absolute atomic E-state index is 4.34. The largest absolute Gasteiger partial charge is 0.367 e. The van der Waals surface area contributed by atoms with Gasteiger partial charge in [-0.3, -0.25) is 4.99 Å². The Morgan fingerprint density at radius 1 is 1.50 bits per heavy atom. The van der Waals surface area contributed by atoms with E-state index in [1.54, 1.807) is 0 Å². The number of hydrogen-bond acceptors (Lipinski definition) is 2. The Bertz CT molecular complexity index is 170. The van der Waals surface area contributed by atoms with E-state index >= 15 is 0 Å². The van der Waals surface area contributed by atoms with Crippen molar-refractivity contribution in [2.75, 3.05) is 0 Å². The molecule has 10 heavy (non-hydrogen) atoms. The van der Waals surface area contributed by atoms with Crippen molar-refractivity contribution in [1.29, 1.82) is 0 Å². The highest BCUT2D eigenvalue weighted by atomic mass is 15.1. The van der Waals surface area contributed by atoms with E-state index in [0.717, 1.165) is 0 Å². The normalized spacial score (nSPS) is 30.8. The average Bonchev–Trinajstić information content (AvgIpc) is 1.89. The molecule has 0 saturated carbocycles. The lowest BCUT2D eigenvalue weighted by molar-refractivity contribution is 0.305. The third-order valence-corrected chi connectivity index (χ3v) is 2.02. The van der Waals surface area contributed by atoms with Gasteiger partial charge in [0.25, 0.3) is 0 Å². The zero-order valence-corrected chi connectivity index (χ0v) is 6.76. The number of nitrogens with one attached hydrogen (secondary N) is 1. The second-order valence-corrected chi connectivity index (χ2v) is 3.08. The quantitative estimate of drug-likeness (QED) is 0.584. The molecule has 0 aromatic rings. The summed E-state index contributed by atoms with van der Waals surface area (Å²) in [6.07, 6.45) is 5.69. The van der Waals surface area contributed by atoms with Crippen molar-refractivity contribution in [3.63, 3.8) is 0 Å². The zero-order chi connectivity index (χ0) is 7.61. The summed E-state index contributed by atoms with van der Waals surface area (Å²) >= 11 is 0. The number of allylic oxidation sites excluding steroid dienone is 1. The Hall–Kier alpha value is -0.790. The van der Waals surface area contributed by atoms with Gasteiger partial charge in [0.05, 0.1) is 0 Å². The van der Waals surface area contributed by atoms with E-state index < -0.39 is 0 Å². The SMILES string of the molecule is CC(C)C1(C)N=CC=CN1. The maximum Gasteiger partial charge on any atom is 0.128 e. The predicted octanol–water partition coefficient (Wildman–Crippen LogP) is 1.55. The minimum atomic E-state index is -0.0885. The van der Waals surface area contributed by atoms with Crippen molar-refractivity contribution >= 4 is 6.21 Å². The van der Waals surface area contributed by atoms with E-state index in [-0.39, 0.29) is 5.66 Å². The summed E-state index contributed by atoms with van der Waals surface area (Å²) < 4.78 is 0. The molecule has 56 valence electrons. The smallest absolute Gasteiger partial charge is 0.128 e. The van der Waals surface area contributed by atoms with Gasteiger partial charge in [-0.25, -0.2) is 0 Å². The molecule has 0 aromatic carbocycles. The Morgan fingerprint density at radius 3 is 2.50 bits per heavy atom. The lowest BCUT2D eigenvalue weighted by Crippen LogP contribution is -2.43. The molecule has 2 nitrogen and oxygen atoms in total. The first-order chi connectivity index (χ1) is 4.65. The molecule has 0 amide bonds. The first-order valence-corrected chi connectivity index (χ1v) is 3.63. The second kappa shape index (κ2) is 2.45. The number of rotatable bonds is 1. The van der Waals surface area contributed by atoms with E-state index in [0.29, 0.717) is 5.92 Å². The van der Waals surface area contributed by atoms with Gasteiger partial charge in [-0.1, -0.05) is 13.8 Å². The molecule has 0 spiro atoms. The minimum Gasteiger partial charge on any atom is -0.367 e. The van der Waals surface area contributed by atoms with Gasteiger partial charge in [-0.15, -0.1) is 0 Å². The molecule has 0 radical (unpaired) electrons. The number of aliphatic imine (C=N–C) groups is 1. The summed E-state index contributed by atoms with van der Waals surface area (Å²) in [6, 6.07) is 0. The van der Waals surface area contributed by atoms with Crippen LogP contribution in [-0.4, -0.2) is 11.9 Å². The van der Waals surface area contributed by atoms with Gasteiger partial charge in [0.1, 0.15) is 5.66 Å². The summed E-state index contributed by atoms with van der Waals surface area (Å²) in [5, 5.41) is 3.22. The molecule has 0 aromatic heterocycles. The summed E-state index contributed by atoms with van der Waals surface area (Å²) in [5.74, 6) is 0.522. The monoisotopic (exact) mass is 138 g/mol. The van der Waals surface area contributed by atoms with Crippen LogP contribution >= 0.6 is 0 Å². The first kappa shape index (κ1) is 7.32. The van der Waals surface area contributed by atoms with Crippen molar-refractivity contribution in [2.45, 2.75) is 26.4 Å². The Balaban J connectivity index is 2.70. The van der Waals surface area contributed by atoms with Crippen LogP contribution in [-0.2, 0) is 0 Å². The summed E-state index contributed by atoms with van der Waals surface area (Å²) in [4.78, 5) is 4.34. The molecule has 0 saturated heterocycles. The van der Waals surface area contributed by atoms with Crippen LogP contribution in [0.4, 0.5) is 0 Å². The molecule has 1 unspecified atom stereocenters. The molecule has 1 aliphatic rings. The van der Waals surface area contributed by atoms with Crippen molar-refractivity contribution in [2.24, 2.45) is 10.9 Å². The molecule has 0 aliphatic carbocycles. The van der Waals surface area contributed by atoms with Crippen LogP contribution in [0.3, 0.4) is 0 Å². The highest BCUT2D eigenvalue weighted by Crippen LogP contribution is 2.18. The van der Waals surface area contributed by atoms with Gasteiger partial charge in [0, 0.05) is 6.21 Å². The Morgan fingerprint density at radius 2 is 2.20 bits per heavy atom. The standard InChI is InChI=1S/C8H14N2/c1-7(2)8(3)9-5-4-6-10-8/h4-7,9H,1-3H3. The number of hydrogen-bond donors (Lipinski definition) is 1. The van der Waals surface area contributed by atoms with E-state index in [1.807, 2.05) is 18.5 Å². The molecule has 1 rings (SSSR count). The fourth-order valence-corrected chi connectivity index (χ4v) is 0.811. The lowest BCUT2D eigenvalue weighted by atomic mass is 9.98. The third kappa shape index (κ3) is 1.20. The fourth-order valence-electron chi connectivity index (χ4n) is 0.811. The van der Waals surface area contributed by atoms with Crippen LogP contribution < -0.4 is 5.32 Å². The minimum absolute atomic E-state index is 0.0885. The van der Waals surface area contributed by atoms with Crippen LogP contribution in [0.1, 0.15) is 20.8 Å². The van der Waals surface area contributed by atoms with Crippen molar-refractivity contribution < 1.29 is 0 Å². The van der Waals surface area contributed by atoms with E-state index in [1.165, 1.54) is 0 Å². The highest BCUT2D eigenvalue weighted by Gasteiger charge is 2.25. The van der Waals surface area contributed by atoms with Gasteiger partial charge in [0.2, 0.25) is 0 Å². The molecular formula is C8H14N2. The summed E-state index contributed by atoms with van der Waals surface area (Å²) in [7, 11) is 0. The molecular weight excluding hydrogens is 124 g/mol. The predicted molar refractivity (Wildman–Crippen MR) is 44.0 cm³/mol. The van der Waals surface area contributed by atoms with E-state index in [9.17, 15) is 0 Å². The molecule has 2 heteroatoms. The van der Waals surface area contributed by atoms with Crippen molar-refractivity contribution in [3.8, 4) is 0 Å². The molecule has 0 fully saturated rings. The van der Waals surface area contributed by atoms with Crippen molar-refractivity contribution in [3.05, 3.63) is 12.3 Å². The van der Waals surface area contributed by atoms with Crippen LogP contribution in [0.2, 0.25) is 0 Å². The molecule has 1 aliphatic heterocycles. The molecule has 1 heterocycles. The van der Waals surface area contributed by atoms with Crippen LogP contribution in [0.25, 0.3) is 0 Å². The number of nitrogens with zero attached hydrogens (tertiary/aromatic N) is 1. The average molecular weight is 138 g/mol. The van der Waals surface area contributed by atoms with Gasteiger partial charge in [-0.2, -0.15) is 0 Å². The Kier molecular flexibility index (Phi) is 1.79. The summed E-state index contributed by atoms with van der Waals surface area (Å²) in [6.45, 7) is 6.41.